The molecule has 1 aliphatic heterocycles. The summed E-state index contributed by atoms with van der Waals surface area (Å²) in [6.07, 6.45) is 5.08. The van der Waals surface area contributed by atoms with Crippen molar-refractivity contribution in [3.05, 3.63) is 77.6 Å². The number of fused-ring (bicyclic) bond motifs is 1. The molecule has 3 atom stereocenters. The van der Waals surface area contributed by atoms with E-state index >= 15 is 0 Å². The molecular weight excluding hydrogens is 407 g/mol. The third kappa shape index (κ3) is 5.55. The van der Waals surface area contributed by atoms with E-state index in [-0.39, 0.29) is 35.7 Å². The Balaban J connectivity index is 1.99. The van der Waals surface area contributed by atoms with E-state index in [4.69, 9.17) is 4.74 Å². The molecule has 1 aliphatic rings. The van der Waals surface area contributed by atoms with Crippen molar-refractivity contribution in [1.29, 1.82) is 0 Å². The summed E-state index contributed by atoms with van der Waals surface area (Å²) in [7, 11) is 1.64. The van der Waals surface area contributed by atoms with E-state index in [2.05, 4.69) is 5.32 Å². The van der Waals surface area contributed by atoms with E-state index in [1.165, 1.54) is 17.0 Å². The number of amides is 2. The average molecular weight is 439 g/mol. The number of benzene rings is 2. The molecule has 0 fully saturated rings. The molecular formula is C26H31FN2O3. The Morgan fingerprint density at radius 3 is 2.38 bits per heavy atom. The number of likely N-dealkylation sites (N-methyl/N-ethyl adjacent to an activating group) is 1. The number of carbonyl (C=O) groups excluding carboxylic acids is 2. The molecule has 0 bridgehead atoms. The number of carbonyl (C=O) groups is 2. The van der Waals surface area contributed by atoms with Crippen LogP contribution in [-0.4, -0.2) is 35.9 Å². The second kappa shape index (κ2) is 10.4. The minimum Gasteiger partial charge on any atom is -0.490 e. The lowest BCUT2D eigenvalue weighted by Crippen LogP contribution is -2.51. The zero-order valence-electron chi connectivity index (χ0n) is 19.0. The molecule has 5 nitrogen and oxygen atoms in total. The predicted octanol–water partition coefficient (Wildman–Crippen LogP) is 4.90. The first-order chi connectivity index (χ1) is 15.3. The number of nitrogens with one attached hydrogen (secondary N) is 1. The van der Waals surface area contributed by atoms with Crippen molar-refractivity contribution in [1.82, 2.24) is 10.2 Å². The fraction of sp³-hybridized carbons (Fsp3) is 0.385. The monoisotopic (exact) mass is 438 g/mol. The van der Waals surface area contributed by atoms with Crippen molar-refractivity contribution >= 4 is 11.8 Å². The smallest absolute Gasteiger partial charge is 0.258 e. The van der Waals surface area contributed by atoms with Crippen LogP contribution in [0.25, 0.3) is 0 Å². The maximum atomic E-state index is 13.4. The molecule has 0 spiro atoms. The van der Waals surface area contributed by atoms with Gasteiger partial charge in [0.1, 0.15) is 17.6 Å². The normalized spacial score (nSPS) is 23.7. The van der Waals surface area contributed by atoms with Gasteiger partial charge in [0.2, 0.25) is 5.91 Å². The Hall–Kier alpha value is -3.15. The number of para-hydroxylation sites is 1. The summed E-state index contributed by atoms with van der Waals surface area (Å²) in [4.78, 5) is 28.2. The van der Waals surface area contributed by atoms with Crippen LogP contribution in [0.5, 0.6) is 5.75 Å². The molecule has 1 heterocycles. The number of hydrogen-bond donors (Lipinski definition) is 1. The third-order valence-corrected chi connectivity index (χ3v) is 5.68. The third-order valence-electron chi connectivity index (χ3n) is 5.68. The largest absolute Gasteiger partial charge is 0.490 e. The molecule has 0 saturated carbocycles. The molecule has 2 aromatic rings. The molecule has 6 heteroatoms. The number of nitrogens with zero attached hydrogens (tertiary/aromatic N) is 1. The van der Waals surface area contributed by atoms with Gasteiger partial charge in [-0.3, -0.25) is 9.59 Å². The van der Waals surface area contributed by atoms with Gasteiger partial charge in [0.05, 0.1) is 17.7 Å². The topological polar surface area (TPSA) is 58.6 Å². The van der Waals surface area contributed by atoms with Gasteiger partial charge in [0.15, 0.2) is 0 Å². The van der Waals surface area contributed by atoms with Crippen LogP contribution < -0.4 is 10.1 Å². The van der Waals surface area contributed by atoms with Gasteiger partial charge < -0.3 is 15.0 Å². The molecule has 3 rings (SSSR count). The van der Waals surface area contributed by atoms with Gasteiger partial charge in [-0.05, 0) is 49.1 Å². The van der Waals surface area contributed by atoms with Crippen molar-refractivity contribution in [3.8, 4) is 5.75 Å². The van der Waals surface area contributed by atoms with Crippen molar-refractivity contribution in [2.45, 2.75) is 51.8 Å². The predicted molar refractivity (Wildman–Crippen MR) is 123 cm³/mol. The Labute approximate surface area is 189 Å². The van der Waals surface area contributed by atoms with Gasteiger partial charge in [0, 0.05) is 13.5 Å². The molecule has 2 aromatic carbocycles. The summed E-state index contributed by atoms with van der Waals surface area (Å²) < 4.78 is 19.5. The van der Waals surface area contributed by atoms with Crippen LogP contribution in [0.3, 0.4) is 0 Å². The van der Waals surface area contributed by atoms with E-state index < -0.39 is 6.04 Å². The van der Waals surface area contributed by atoms with E-state index in [1.54, 1.807) is 37.4 Å². The summed E-state index contributed by atoms with van der Waals surface area (Å²) >= 11 is 0. The first kappa shape index (κ1) is 23.5. The number of rotatable bonds is 2. The van der Waals surface area contributed by atoms with Crippen LogP contribution in [0.4, 0.5) is 4.39 Å². The summed E-state index contributed by atoms with van der Waals surface area (Å²) in [6, 6.07) is 12.2. The molecule has 0 unspecified atom stereocenters. The van der Waals surface area contributed by atoms with Crippen LogP contribution in [0.2, 0.25) is 0 Å². The van der Waals surface area contributed by atoms with Crippen LogP contribution in [0, 0.1) is 11.7 Å². The highest BCUT2D eigenvalue weighted by Gasteiger charge is 2.33. The van der Waals surface area contributed by atoms with E-state index in [0.29, 0.717) is 24.2 Å². The molecule has 0 radical (unpaired) electrons. The van der Waals surface area contributed by atoms with E-state index in [9.17, 15) is 14.0 Å². The molecule has 170 valence electrons. The van der Waals surface area contributed by atoms with Crippen LogP contribution in [-0.2, 0) is 4.79 Å². The highest BCUT2D eigenvalue weighted by molar-refractivity contribution is 5.99. The highest BCUT2D eigenvalue weighted by Crippen LogP contribution is 2.25. The van der Waals surface area contributed by atoms with Gasteiger partial charge in [0.25, 0.3) is 5.91 Å². The maximum Gasteiger partial charge on any atom is 0.258 e. The molecule has 0 aromatic heterocycles. The highest BCUT2D eigenvalue weighted by atomic mass is 19.1. The standard InChI is InChI=1S/C26H31FN2O3/c1-17(2)24-25(30)28-22(19-13-15-20(27)16-14-19)11-7-5-9-18(3)32-23-12-8-6-10-21(23)26(31)29(24)4/h5-8,10,12-18,22,24H,9,11H2,1-4H3,(H,28,30)/b7-5-/t18-,22+,24+/m0/s1. The maximum absolute atomic E-state index is 13.4. The second-order valence-corrected chi connectivity index (χ2v) is 8.59. The van der Waals surface area contributed by atoms with Crippen LogP contribution >= 0.6 is 0 Å². The minimum absolute atomic E-state index is 0.117. The van der Waals surface area contributed by atoms with Crippen LogP contribution in [0.15, 0.2) is 60.7 Å². The van der Waals surface area contributed by atoms with Gasteiger partial charge in [-0.1, -0.05) is 50.3 Å². The summed E-state index contributed by atoms with van der Waals surface area (Å²) in [5, 5.41) is 3.09. The SMILES string of the molecule is CC(C)[C@@H]1C(=O)N[C@@H](c2ccc(F)cc2)C/C=C\C[C@H](C)Oc2ccccc2C(=O)N1C. The lowest BCUT2D eigenvalue weighted by Gasteiger charge is -2.32. The number of halogens is 1. The first-order valence-electron chi connectivity index (χ1n) is 11.0. The zero-order chi connectivity index (χ0) is 23.3. The van der Waals surface area contributed by atoms with Gasteiger partial charge in [-0.25, -0.2) is 4.39 Å². The average Bonchev–Trinajstić information content (AvgIpc) is 2.75. The van der Waals surface area contributed by atoms with E-state index in [1.807, 2.05) is 39.0 Å². The van der Waals surface area contributed by atoms with Crippen molar-refractivity contribution in [2.75, 3.05) is 7.05 Å². The van der Waals surface area contributed by atoms with Gasteiger partial charge in [-0.15, -0.1) is 0 Å². The molecule has 0 aliphatic carbocycles. The van der Waals surface area contributed by atoms with E-state index in [0.717, 1.165) is 5.56 Å². The van der Waals surface area contributed by atoms with Gasteiger partial charge in [-0.2, -0.15) is 0 Å². The number of hydrogen-bond acceptors (Lipinski definition) is 3. The molecule has 32 heavy (non-hydrogen) atoms. The molecule has 2 amide bonds. The fourth-order valence-corrected chi connectivity index (χ4v) is 4.00. The summed E-state index contributed by atoms with van der Waals surface area (Å²) in [6.45, 7) is 5.78. The Kier molecular flexibility index (Phi) is 7.67. The Morgan fingerprint density at radius 1 is 1.03 bits per heavy atom. The Bertz CT molecular complexity index is 971. The Morgan fingerprint density at radius 2 is 1.69 bits per heavy atom. The minimum atomic E-state index is -0.678. The van der Waals surface area contributed by atoms with Crippen LogP contribution in [0.1, 0.15) is 55.6 Å². The zero-order valence-corrected chi connectivity index (χ0v) is 19.0. The number of ether oxygens (including phenoxy) is 1. The molecule has 0 saturated heterocycles. The second-order valence-electron chi connectivity index (χ2n) is 8.59. The van der Waals surface area contributed by atoms with Crippen molar-refractivity contribution in [3.63, 3.8) is 0 Å². The van der Waals surface area contributed by atoms with Crippen molar-refractivity contribution in [2.24, 2.45) is 5.92 Å². The fourth-order valence-electron chi connectivity index (χ4n) is 4.00. The van der Waals surface area contributed by atoms with Crippen molar-refractivity contribution < 1.29 is 18.7 Å². The first-order valence-corrected chi connectivity index (χ1v) is 11.0. The summed E-state index contributed by atoms with van der Waals surface area (Å²) in [5.74, 6) is -0.454. The lowest BCUT2D eigenvalue weighted by molar-refractivity contribution is -0.127. The lowest BCUT2D eigenvalue weighted by atomic mass is 9.98. The summed E-state index contributed by atoms with van der Waals surface area (Å²) in [5.41, 5.74) is 1.24. The van der Waals surface area contributed by atoms with Gasteiger partial charge >= 0.3 is 0 Å². The quantitative estimate of drug-likeness (QED) is 0.679. The molecule has 1 N–H and O–H groups in total.